The molecule has 2 aromatic rings. The van der Waals surface area contributed by atoms with Crippen LogP contribution in [0.5, 0.6) is 23.0 Å². The maximum Gasteiger partial charge on any atom is 0.335 e. The zero-order valence-electron chi connectivity index (χ0n) is 17.6. The van der Waals surface area contributed by atoms with Gasteiger partial charge < -0.3 is 18.9 Å². The summed E-state index contributed by atoms with van der Waals surface area (Å²) in [6.07, 6.45) is 2.99. The standard InChI is InChI=1S/C23H19BrN2O7/c1-3-7-31-20-16(24)9-13(10-19(20)30-4-2)8-15-21(27)25-23(29)26(22(15)28)14-5-6-17-18(11-14)33-12-32-17/h3,5-6,8-11H,1,4,7,12H2,2H3,(H,25,27,29)/b15-8+. The summed E-state index contributed by atoms with van der Waals surface area (Å²) < 4.78 is 22.5. The quantitative estimate of drug-likeness (QED) is 0.340. The number of carbonyl (C=O) groups excluding carboxylic acids is 3. The fourth-order valence-corrected chi connectivity index (χ4v) is 3.87. The highest BCUT2D eigenvalue weighted by Gasteiger charge is 2.37. The molecule has 0 aromatic heterocycles. The summed E-state index contributed by atoms with van der Waals surface area (Å²) in [5.41, 5.74) is 0.514. The maximum absolute atomic E-state index is 13.2. The fraction of sp³-hybridized carbons (Fsp3) is 0.174. The van der Waals surface area contributed by atoms with Gasteiger partial charge in [0, 0.05) is 6.07 Å². The Morgan fingerprint density at radius 2 is 1.94 bits per heavy atom. The number of imide groups is 2. The number of fused-ring (bicyclic) bond motifs is 1. The molecule has 0 radical (unpaired) electrons. The lowest BCUT2D eigenvalue weighted by Gasteiger charge is -2.26. The highest BCUT2D eigenvalue weighted by molar-refractivity contribution is 9.10. The summed E-state index contributed by atoms with van der Waals surface area (Å²) in [6.45, 7) is 6.15. The van der Waals surface area contributed by atoms with Crippen LogP contribution in [0.25, 0.3) is 6.08 Å². The van der Waals surface area contributed by atoms with Gasteiger partial charge in [-0.3, -0.25) is 14.9 Å². The van der Waals surface area contributed by atoms with Gasteiger partial charge in [0.15, 0.2) is 23.0 Å². The minimum Gasteiger partial charge on any atom is -0.490 e. The summed E-state index contributed by atoms with van der Waals surface area (Å²) in [5.74, 6) is 0.216. The van der Waals surface area contributed by atoms with Gasteiger partial charge in [-0.05, 0) is 58.8 Å². The van der Waals surface area contributed by atoms with Crippen LogP contribution in [-0.2, 0) is 9.59 Å². The summed E-state index contributed by atoms with van der Waals surface area (Å²) >= 11 is 3.44. The van der Waals surface area contributed by atoms with Crippen LogP contribution in [0.15, 0.2) is 53.0 Å². The average Bonchev–Trinajstić information content (AvgIpc) is 3.24. The number of barbiturate groups is 1. The van der Waals surface area contributed by atoms with Crippen LogP contribution < -0.4 is 29.2 Å². The Morgan fingerprint density at radius 3 is 2.70 bits per heavy atom. The first kappa shape index (κ1) is 22.4. The molecule has 1 fully saturated rings. The van der Waals surface area contributed by atoms with Crippen LogP contribution in [0.4, 0.5) is 10.5 Å². The molecule has 2 aliphatic rings. The van der Waals surface area contributed by atoms with Crippen molar-refractivity contribution >= 4 is 45.5 Å². The Bertz CT molecular complexity index is 1190. The highest BCUT2D eigenvalue weighted by atomic mass is 79.9. The van der Waals surface area contributed by atoms with Crippen molar-refractivity contribution in [2.24, 2.45) is 0 Å². The van der Waals surface area contributed by atoms with E-state index in [-0.39, 0.29) is 24.7 Å². The number of hydrogen-bond acceptors (Lipinski definition) is 7. The molecule has 2 heterocycles. The number of halogens is 1. The van der Waals surface area contributed by atoms with Crippen molar-refractivity contribution in [2.45, 2.75) is 6.92 Å². The number of carbonyl (C=O) groups is 3. The van der Waals surface area contributed by atoms with Gasteiger partial charge in [-0.1, -0.05) is 12.7 Å². The van der Waals surface area contributed by atoms with Crippen LogP contribution >= 0.6 is 15.9 Å². The third kappa shape index (κ3) is 4.42. The SMILES string of the molecule is C=CCOc1c(Br)cc(/C=C2\C(=O)NC(=O)N(c3ccc4c(c3)OCO4)C2=O)cc1OCC. The molecule has 1 saturated heterocycles. The van der Waals surface area contributed by atoms with E-state index in [2.05, 4.69) is 27.8 Å². The Labute approximate surface area is 197 Å². The first-order chi connectivity index (χ1) is 15.9. The summed E-state index contributed by atoms with van der Waals surface area (Å²) in [4.78, 5) is 39.0. The number of ether oxygens (including phenoxy) is 4. The number of urea groups is 1. The molecule has 170 valence electrons. The van der Waals surface area contributed by atoms with E-state index in [0.29, 0.717) is 39.6 Å². The first-order valence-electron chi connectivity index (χ1n) is 9.94. The minimum atomic E-state index is -0.856. The summed E-state index contributed by atoms with van der Waals surface area (Å²) in [5, 5.41) is 2.20. The van der Waals surface area contributed by atoms with Crippen molar-refractivity contribution in [3.63, 3.8) is 0 Å². The van der Waals surface area contributed by atoms with Crippen molar-refractivity contribution in [3.8, 4) is 23.0 Å². The second-order valence-electron chi connectivity index (χ2n) is 6.86. The lowest BCUT2D eigenvalue weighted by Crippen LogP contribution is -2.54. The Morgan fingerprint density at radius 1 is 1.15 bits per heavy atom. The van der Waals surface area contributed by atoms with Crippen molar-refractivity contribution in [1.82, 2.24) is 5.32 Å². The molecule has 2 aliphatic heterocycles. The molecule has 4 amide bonds. The second-order valence-corrected chi connectivity index (χ2v) is 7.71. The maximum atomic E-state index is 13.2. The van der Waals surface area contributed by atoms with E-state index < -0.39 is 17.8 Å². The van der Waals surface area contributed by atoms with Crippen molar-refractivity contribution in [1.29, 1.82) is 0 Å². The average molecular weight is 515 g/mol. The Balaban J connectivity index is 1.71. The van der Waals surface area contributed by atoms with E-state index in [1.165, 1.54) is 18.2 Å². The molecule has 0 bridgehead atoms. The Kier molecular flexibility index (Phi) is 6.36. The van der Waals surface area contributed by atoms with E-state index in [9.17, 15) is 14.4 Å². The van der Waals surface area contributed by atoms with Crippen molar-refractivity contribution < 1.29 is 33.3 Å². The van der Waals surface area contributed by atoms with E-state index in [1.54, 1.807) is 24.3 Å². The second kappa shape index (κ2) is 9.37. The van der Waals surface area contributed by atoms with Crippen LogP contribution in [0, 0.1) is 0 Å². The minimum absolute atomic E-state index is 0.0477. The van der Waals surface area contributed by atoms with E-state index in [4.69, 9.17) is 18.9 Å². The monoisotopic (exact) mass is 514 g/mol. The molecule has 0 unspecified atom stereocenters. The number of benzene rings is 2. The number of hydrogen-bond donors (Lipinski definition) is 1. The third-order valence-electron chi connectivity index (χ3n) is 4.70. The van der Waals surface area contributed by atoms with Crippen LogP contribution in [0.1, 0.15) is 12.5 Å². The molecule has 33 heavy (non-hydrogen) atoms. The van der Waals surface area contributed by atoms with Gasteiger partial charge in [0.05, 0.1) is 16.8 Å². The van der Waals surface area contributed by atoms with Gasteiger partial charge in [0.2, 0.25) is 6.79 Å². The lowest BCUT2D eigenvalue weighted by atomic mass is 10.1. The number of amides is 4. The number of rotatable bonds is 7. The molecule has 9 nitrogen and oxygen atoms in total. The van der Waals surface area contributed by atoms with Crippen molar-refractivity contribution in [3.05, 3.63) is 58.6 Å². The molecule has 0 saturated carbocycles. The predicted molar refractivity (Wildman–Crippen MR) is 123 cm³/mol. The van der Waals surface area contributed by atoms with Gasteiger partial charge in [-0.25, -0.2) is 9.69 Å². The van der Waals surface area contributed by atoms with E-state index in [1.807, 2.05) is 6.92 Å². The van der Waals surface area contributed by atoms with Crippen LogP contribution in [-0.4, -0.2) is 37.9 Å². The molecular formula is C23H19BrN2O7. The van der Waals surface area contributed by atoms with Crippen LogP contribution in [0.3, 0.4) is 0 Å². The zero-order chi connectivity index (χ0) is 23.5. The first-order valence-corrected chi connectivity index (χ1v) is 10.7. The molecule has 0 atom stereocenters. The summed E-state index contributed by atoms with van der Waals surface area (Å²) in [6, 6.07) is 7.09. The topological polar surface area (TPSA) is 103 Å². The van der Waals surface area contributed by atoms with Gasteiger partial charge >= 0.3 is 6.03 Å². The fourth-order valence-electron chi connectivity index (χ4n) is 3.30. The van der Waals surface area contributed by atoms with Crippen LogP contribution in [0.2, 0.25) is 0 Å². The molecular weight excluding hydrogens is 496 g/mol. The normalized spacial score (nSPS) is 16.1. The largest absolute Gasteiger partial charge is 0.490 e. The molecule has 2 aromatic carbocycles. The number of nitrogens with zero attached hydrogens (tertiary/aromatic N) is 1. The highest BCUT2D eigenvalue weighted by Crippen LogP contribution is 2.39. The van der Waals surface area contributed by atoms with Crippen molar-refractivity contribution in [2.75, 3.05) is 24.9 Å². The van der Waals surface area contributed by atoms with E-state index >= 15 is 0 Å². The number of nitrogens with one attached hydrogen (secondary N) is 1. The third-order valence-corrected chi connectivity index (χ3v) is 5.29. The predicted octanol–water partition coefficient (Wildman–Crippen LogP) is 3.81. The van der Waals surface area contributed by atoms with Gasteiger partial charge in [-0.2, -0.15) is 0 Å². The van der Waals surface area contributed by atoms with Gasteiger partial charge in [0.25, 0.3) is 11.8 Å². The molecule has 10 heteroatoms. The number of anilines is 1. The van der Waals surface area contributed by atoms with E-state index in [0.717, 1.165) is 4.90 Å². The lowest BCUT2D eigenvalue weighted by molar-refractivity contribution is -0.122. The zero-order valence-corrected chi connectivity index (χ0v) is 19.1. The molecule has 0 spiro atoms. The smallest absolute Gasteiger partial charge is 0.335 e. The summed E-state index contributed by atoms with van der Waals surface area (Å²) in [7, 11) is 0. The molecule has 0 aliphatic carbocycles. The van der Waals surface area contributed by atoms with Gasteiger partial charge in [-0.15, -0.1) is 0 Å². The Hall–Kier alpha value is -3.79. The van der Waals surface area contributed by atoms with Gasteiger partial charge in [0.1, 0.15) is 12.2 Å². The molecule has 4 rings (SSSR count). The molecule has 1 N–H and O–H groups in total.